The van der Waals surface area contributed by atoms with Crippen LogP contribution >= 0.6 is 0 Å². The van der Waals surface area contributed by atoms with Crippen molar-refractivity contribution in [2.24, 2.45) is 0 Å². The molecule has 0 radical (unpaired) electrons. The van der Waals surface area contributed by atoms with Crippen molar-refractivity contribution in [1.82, 2.24) is 0 Å². The van der Waals surface area contributed by atoms with Gasteiger partial charge >= 0.3 is 6.10 Å². The summed E-state index contributed by atoms with van der Waals surface area (Å²) in [7, 11) is 4.48. The highest BCUT2D eigenvalue weighted by Crippen LogP contribution is 2.31. The van der Waals surface area contributed by atoms with Crippen LogP contribution in [0.5, 0.6) is 0 Å². The van der Waals surface area contributed by atoms with Gasteiger partial charge in [-0.25, -0.2) is 4.48 Å². The number of benzene rings is 1. The number of quaternary nitrogens is 1. The lowest BCUT2D eigenvalue weighted by Gasteiger charge is -2.45. The first-order valence-electron chi connectivity index (χ1n) is 22.3. The van der Waals surface area contributed by atoms with E-state index in [0.29, 0.717) is 24.3 Å². The Kier molecular flexibility index (Phi) is 36.6. The van der Waals surface area contributed by atoms with E-state index >= 15 is 0 Å². The molecule has 0 unspecified atom stereocenters. The van der Waals surface area contributed by atoms with Crippen molar-refractivity contribution in [3.8, 4) is 0 Å². The fourth-order valence-electron chi connectivity index (χ4n) is 7.16. The molecule has 0 aliphatic heterocycles. The van der Waals surface area contributed by atoms with Crippen molar-refractivity contribution in [3.63, 3.8) is 0 Å². The van der Waals surface area contributed by atoms with Crippen molar-refractivity contribution in [2.45, 2.75) is 226 Å². The fourth-order valence-corrected chi connectivity index (χ4v) is 7.16. The molecule has 5 heteroatoms. The Labute approximate surface area is 336 Å². The summed E-state index contributed by atoms with van der Waals surface area (Å²) in [5, 5.41) is 0. The Morgan fingerprint density at radius 3 is 0.922 bits per heavy atom. The second-order valence-corrected chi connectivity index (χ2v) is 15.9. The normalized spacial score (nSPS) is 12.0. The first kappa shape index (κ1) is 50.8. The first-order chi connectivity index (χ1) is 24.5. The molecule has 0 aliphatic carbocycles. The molecule has 0 saturated heterocycles. The van der Waals surface area contributed by atoms with Crippen molar-refractivity contribution in [2.75, 3.05) is 33.9 Å². The van der Waals surface area contributed by atoms with E-state index in [2.05, 4.69) is 65.2 Å². The molecule has 0 bridgehead atoms. The van der Waals surface area contributed by atoms with Gasteiger partial charge in [-0.15, -0.1) is 0 Å². The number of ether oxygens (including phenoxy) is 3. The van der Waals surface area contributed by atoms with Gasteiger partial charge in [0.15, 0.2) is 0 Å². The molecular weight excluding hydrogens is 741 g/mol. The second kappa shape index (κ2) is 36.8. The van der Waals surface area contributed by atoms with E-state index in [1.54, 1.807) is 0 Å². The van der Waals surface area contributed by atoms with Crippen LogP contribution in [0.15, 0.2) is 30.3 Å². The van der Waals surface area contributed by atoms with Gasteiger partial charge in [0.1, 0.15) is 6.54 Å². The van der Waals surface area contributed by atoms with Crippen LogP contribution in [0.3, 0.4) is 0 Å². The third kappa shape index (κ3) is 27.9. The van der Waals surface area contributed by atoms with Crippen molar-refractivity contribution < 1.29 is 42.7 Å². The van der Waals surface area contributed by atoms with Crippen LogP contribution in [-0.2, 0) is 20.8 Å². The quantitative estimate of drug-likeness (QED) is 0.0286. The molecule has 0 atom stereocenters. The molecule has 0 fully saturated rings. The molecule has 302 valence electrons. The molecule has 0 amide bonds. The fraction of sp³-hybridized carbons (Fsp3) is 0.870. The van der Waals surface area contributed by atoms with E-state index < -0.39 is 6.10 Å². The van der Waals surface area contributed by atoms with E-state index in [4.69, 9.17) is 14.2 Å². The van der Waals surface area contributed by atoms with Gasteiger partial charge in [-0.05, 0) is 19.3 Å². The number of halogens is 1. The van der Waals surface area contributed by atoms with Crippen molar-refractivity contribution in [1.29, 1.82) is 0 Å². The van der Waals surface area contributed by atoms with Crippen LogP contribution in [-0.4, -0.2) is 44.5 Å². The maximum absolute atomic E-state index is 6.85. The Bertz CT molecular complexity index is 755. The van der Waals surface area contributed by atoms with Crippen LogP contribution < -0.4 is 24.0 Å². The Balaban J connectivity index is 0.0000250. The summed E-state index contributed by atoms with van der Waals surface area (Å²) < 4.78 is 21.1. The standard InChI is InChI=1S/C46H88NO3.HI/c1-6-9-12-15-18-21-24-27-30-36-41-48-46(47(4,5)44-45-39-34-33-35-40-45,49-42-37-31-28-25-22-19-16-13-10-7-2)50-43-38-32-29-26-23-20-17-14-11-8-3;/h33-35,39-40H,6-32,36-38,41-44H2,1-5H3;1H/q+1;/p-1. The van der Waals surface area contributed by atoms with Gasteiger partial charge < -0.3 is 24.0 Å². The highest BCUT2D eigenvalue weighted by atomic mass is 127. The molecule has 0 aliphatic rings. The third-order valence-corrected chi connectivity index (χ3v) is 10.5. The highest BCUT2D eigenvalue weighted by Gasteiger charge is 2.51. The largest absolute Gasteiger partial charge is 1.00 e. The van der Waals surface area contributed by atoms with Gasteiger partial charge in [-0.1, -0.05) is 224 Å². The zero-order valence-electron chi connectivity index (χ0n) is 35.0. The Hall–Kier alpha value is -0.210. The van der Waals surface area contributed by atoms with Gasteiger partial charge in [-0.3, -0.25) is 14.2 Å². The molecular formula is C46H88INO3. The van der Waals surface area contributed by atoms with Crippen LogP contribution in [0.25, 0.3) is 0 Å². The molecule has 0 heterocycles. The summed E-state index contributed by atoms with van der Waals surface area (Å²) in [6.45, 7) is 9.74. The van der Waals surface area contributed by atoms with E-state index in [-0.39, 0.29) is 24.0 Å². The number of rotatable bonds is 39. The molecule has 51 heavy (non-hydrogen) atoms. The topological polar surface area (TPSA) is 27.7 Å². The second-order valence-electron chi connectivity index (χ2n) is 15.9. The maximum atomic E-state index is 6.85. The van der Waals surface area contributed by atoms with Crippen LogP contribution in [0, 0.1) is 0 Å². The Morgan fingerprint density at radius 1 is 0.392 bits per heavy atom. The zero-order chi connectivity index (χ0) is 36.3. The molecule has 1 rings (SSSR count). The SMILES string of the molecule is CCCCCCCCCCCCOC(OCCCCCCCCCCCC)(OCCCCCCCCCCCC)[N+](C)(C)Cc1ccccc1.[I-]. The minimum atomic E-state index is -1.09. The van der Waals surface area contributed by atoms with Crippen molar-refractivity contribution in [3.05, 3.63) is 35.9 Å². The maximum Gasteiger partial charge on any atom is 0.449 e. The minimum Gasteiger partial charge on any atom is -1.00 e. The van der Waals surface area contributed by atoms with Crippen LogP contribution in [0.1, 0.15) is 219 Å². The molecule has 1 aromatic carbocycles. The lowest BCUT2D eigenvalue weighted by molar-refractivity contribution is -1.04. The third-order valence-electron chi connectivity index (χ3n) is 10.5. The summed E-state index contributed by atoms with van der Waals surface area (Å²) in [4.78, 5) is 0. The summed E-state index contributed by atoms with van der Waals surface area (Å²) in [6, 6.07) is 10.8. The average Bonchev–Trinajstić information content (AvgIpc) is 3.11. The first-order valence-corrected chi connectivity index (χ1v) is 22.3. The van der Waals surface area contributed by atoms with E-state index in [1.807, 2.05) is 0 Å². The van der Waals surface area contributed by atoms with Gasteiger partial charge in [-0.2, -0.15) is 0 Å². The zero-order valence-corrected chi connectivity index (χ0v) is 37.1. The monoisotopic (exact) mass is 830 g/mol. The number of nitrogens with zero attached hydrogens (tertiary/aromatic N) is 1. The summed E-state index contributed by atoms with van der Waals surface area (Å²) in [5.41, 5.74) is 1.29. The Morgan fingerprint density at radius 2 is 0.647 bits per heavy atom. The molecule has 1 aromatic rings. The smallest absolute Gasteiger partial charge is 0.449 e. The predicted molar refractivity (Wildman–Crippen MR) is 218 cm³/mol. The van der Waals surface area contributed by atoms with Crippen LogP contribution in [0.2, 0.25) is 0 Å². The number of unbranched alkanes of at least 4 members (excludes halogenated alkanes) is 27. The number of hydrogen-bond donors (Lipinski definition) is 0. The summed E-state index contributed by atoms with van der Waals surface area (Å²) in [5.74, 6) is 0. The molecule has 0 aromatic heterocycles. The predicted octanol–water partition coefficient (Wildman–Crippen LogP) is 11.7. The molecule has 4 nitrogen and oxygen atoms in total. The average molecular weight is 830 g/mol. The van der Waals surface area contributed by atoms with Crippen LogP contribution in [0.4, 0.5) is 0 Å². The highest BCUT2D eigenvalue weighted by molar-refractivity contribution is 5.13. The van der Waals surface area contributed by atoms with Gasteiger partial charge in [0.2, 0.25) is 0 Å². The molecule has 0 saturated carbocycles. The molecule has 0 N–H and O–H groups in total. The van der Waals surface area contributed by atoms with E-state index in [0.717, 1.165) is 25.8 Å². The van der Waals surface area contributed by atoms with Gasteiger partial charge in [0.25, 0.3) is 0 Å². The van der Waals surface area contributed by atoms with Crippen molar-refractivity contribution >= 4 is 0 Å². The van der Waals surface area contributed by atoms with E-state index in [9.17, 15) is 0 Å². The minimum absolute atomic E-state index is 0. The lowest BCUT2D eigenvalue weighted by Crippen LogP contribution is -3.00. The number of hydrogen-bond acceptors (Lipinski definition) is 3. The van der Waals surface area contributed by atoms with Gasteiger partial charge in [0.05, 0.1) is 33.9 Å². The molecule has 0 spiro atoms. The van der Waals surface area contributed by atoms with E-state index in [1.165, 1.54) is 179 Å². The lowest BCUT2D eigenvalue weighted by atomic mass is 10.1. The van der Waals surface area contributed by atoms with Gasteiger partial charge in [0, 0.05) is 5.56 Å². The summed E-state index contributed by atoms with van der Waals surface area (Å²) >= 11 is 0. The summed E-state index contributed by atoms with van der Waals surface area (Å²) in [6.07, 6.45) is 38.5.